The second-order valence-electron chi connectivity index (χ2n) is 4.45. The van der Waals surface area contributed by atoms with Crippen molar-refractivity contribution in [1.29, 1.82) is 0 Å². The normalized spacial score (nSPS) is 13.8. The van der Waals surface area contributed by atoms with Crippen molar-refractivity contribution in [2.45, 2.75) is 24.8 Å². The van der Waals surface area contributed by atoms with Crippen LogP contribution in [-0.4, -0.2) is 25.4 Å². The number of nitrogens with two attached hydrogens (primary N) is 1. The van der Waals surface area contributed by atoms with E-state index >= 15 is 0 Å². The molecule has 0 aliphatic carbocycles. The number of nitrogens with one attached hydrogen (secondary N) is 1. The van der Waals surface area contributed by atoms with Crippen molar-refractivity contribution in [2.24, 2.45) is 0 Å². The minimum atomic E-state index is -0.964. The van der Waals surface area contributed by atoms with Crippen LogP contribution in [0, 0.1) is 6.92 Å². The number of aromatic nitrogens is 3. The molecule has 1 heterocycles. The van der Waals surface area contributed by atoms with E-state index in [-0.39, 0.29) is 12.0 Å². The fourth-order valence-electron chi connectivity index (χ4n) is 1.79. The monoisotopic (exact) mass is 291 g/mol. The van der Waals surface area contributed by atoms with E-state index in [1.54, 1.807) is 13.2 Å². The third kappa shape index (κ3) is 3.51. The van der Waals surface area contributed by atoms with E-state index in [0.29, 0.717) is 11.8 Å². The summed E-state index contributed by atoms with van der Waals surface area (Å²) in [6, 6.07) is 7.60. The molecule has 2 aromatic rings. The highest BCUT2D eigenvalue weighted by Gasteiger charge is 2.09. The van der Waals surface area contributed by atoms with Gasteiger partial charge in [-0.05, 0) is 31.5 Å². The summed E-state index contributed by atoms with van der Waals surface area (Å²) in [5.74, 6) is 1.22. The van der Waals surface area contributed by atoms with Crippen LogP contribution >= 0.6 is 0 Å². The van der Waals surface area contributed by atoms with Crippen molar-refractivity contribution in [3.8, 4) is 0 Å². The lowest BCUT2D eigenvalue weighted by Gasteiger charge is -2.14. The summed E-state index contributed by atoms with van der Waals surface area (Å²) < 4.78 is 11.3. The molecule has 0 fully saturated rings. The molecule has 0 bridgehead atoms. The molecule has 0 saturated heterocycles. The van der Waals surface area contributed by atoms with Gasteiger partial charge in [-0.3, -0.25) is 4.21 Å². The van der Waals surface area contributed by atoms with Gasteiger partial charge in [-0.2, -0.15) is 15.0 Å². The van der Waals surface area contributed by atoms with Gasteiger partial charge in [-0.25, -0.2) is 0 Å². The molecule has 2 rings (SSSR count). The summed E-state index contributed by atoms with van der Waals surface area (Å²) in [5.41, 5.74) is 6.64. The molecule has 0 amide bonds. The Labute approximate surface area is 120 Å². The van der Waals surface area contributed by atoms with Gasteiger partial charge in [0.1, 0.15) is 5.82 Å². The quantitative estimate of drug-likeness (QED) is 0.890. The molecule has 0 aliphatic rings. The summed E-state index contributed by atoms with van der Waals surface area (Å²) in [4.78, 5) is 13.0. The third-order valence-electron chi connectivity index (χ3n) is 2.82. The van der Waals surface area contributed by atoms with Crippen molar-refractivity contribution in [2.75, 3.05) is 17.3 Å². The van der Waals surface area contributed by atoms with Crippen molar-refractivity contribution in [3.63, 3.8) is 0 Å². The summed E-state index contributed by atoms with van der Waals surface area (Å²) in [5, 5.41) is 3.17. The maximum atomic E-state index is 11.3. The van der Waals surface area contributed by atoms with Crippen LogP contribution in [0.4, 0.5) is 11.9 Å². The summed E-state index contributed by atoms with van der Waals surface area (Å²) in [6.45, 7) is 3.76. The van der Waals surface area contributed by atoms with Crippen LogP contribution in [-0.2, 0) is 10.8 Å². The highest BCUT2D eigenvalue weighted by molar-refractivity contribution is 7.84. The van der Waals surface area contributed by atoms with E-state index in [1.165, 1.54) is 0 Å². The number of hydrogen-bond acceptors (Lipinski definition) is 6. The Kier molecular flexibility index (Phi) is 4.29. The second kappa shape index (κ2) is 5.96. The van der Waals surface area contributed by atoms with E-state index in [9.17, 15) is 4.21 Å². The van der Waals surface area contributed by atoms with Crippen LogP contribution in [0.3, 0.4) is 0 Å². The topological polar surface area (TPSA) is 93.8 Å². The van der Waals surface area contributed by atoms with Gasteiger partial charge in [0.2, 0.25) is 11.9 Å². The molecule has 3 N–H and O–H groups in total. The molecule has 7 heteroatoms. The van der Waals surface area contributed by atoms with Crippen molar-refractivity contribution in [3.05, 3.63) is 35.7 Å². The molecular formula is C13H17N5OS. The summed E-state index contributed by atoms with van der Waals surface area (Å²) in [6.07, 6.45) is 1.66. The highest BCUT2D eigenvalue weighted by atomic mass is 32.2. The van der Waals surface area contributed by atoms with Gasteiger partial charge in [0.15, 0.2) is 0 Å². The van der Waals surface area contributed by atoms with Crippen molar-refractivity contribution in [1.82, 2.24) is 15.0 Å². The third-order valence-corrected chi connectivity index (χ3v) is 3.76. The number of nitrogen functional groups attached to an aromatic ring is 1. The van der Waals surface area contributed by atoms with Crippen LogP contribution in [0.15, 0.2) is 29.2 Å². The lowest BCUT2D eigenvalue weighted by Crippen LogP contribution is -2.12. The average Bonchev–Trinajstić information content (AvgIpc) is 2.37. The fraction of sp³-hybridized carbons (Fsp3) is 0.308. The predicted octanol–water partition coefficient (Wildman–Crippen LogP) is 1.67. The molecule has 2 unspecified atom stereocenters. The smallest absolute Gasteiger partial charge is 0.228 e. The molecule has 0 radical (unpaired) electrons. The Hall–Kier alpha value is -2.02. The molecule has 20 heavy (non-hydrogen) atoms. The molecule has 106 valence electrons. The molecule has 2 atom stereocenters. The number of rotatable bonds is 4. The number of aryl methyl sites for hydroxylation is 1. The van der Waals surface area contributed by atoms with Gasteiger partial charge < -0.3 is 11.1 Å². The fourth-order valence-corrected chi connectivity index (χ4v) is 2.31. The largest absolute Gasteiger partial charge is 0.368 e. The first-order valence-corrected chi connectivity index (χ1v) is 7.69. The Morgan fingerprint density at radius 1 is 1.20 bits per heavy atom. The van der Waals surface area contributed by atoms with E-state index in [2.05, 4.69) is 20.3 Å². The molecule has 0 spiro atoms. The second-order valence-corrected chi connectivity index (χ2v) is 5.83. The first kappa shape index (κ1) is 14.4. The Morgan fingerprint density at radius 2 is 1.85 bits per heavy atom. The standard InChI is InChI=1S/C13H17N5OS/c1-8(10-4-6-11(7-5-10)20(3)19)15-13-17-9(2)16-12(14)18-13/h4-8H,1-3H3,(H3,14,15,16,17,18). The number of nitrogens with zero attached hydrogens (tertiary/aromatic N) is 3. The Morgan fingerprint density at radius 3 is 2.40 bits per heavy atom. The Balaban J connectivity index is 2.14. The molecule has 6 nitrogen and oxygen atoms in total. The lowest BCUT2D eigenvalue weighted by atomic mass is 10.1. The molecular weight excluding hydrogens is 274 g/mol. The van der Waals surface area contributed by atoms with Crippen LogP contribution in [0.5, 0.6) is 0 Å². The average molecular weight is 291 g/mol. The number of hydrogen-bond donors (Lipinski definition) is 2. The zero-order valence-electron chi connectivity index (χ0n) is 11.6. The van der Waals surface area contributed by atoms with E-state index in [0.717, 1.165) is 10.5 Å². The summed E-state index contributed by atoms with van der Waals surface area (Å²) in [7, 11) is -0.964. The van der Waals surface area contributed by atoms with Gasteiger partial charge in [-0.1, -0.05) is 12.1 Å². The van der Waals surface area contributed by atoms with Gasteiger partial charge in [0, 0.05) is 22.0 Å². The highest BCUT2D eigenvalue weighted by Crippen LogP contribution is 2.18. The van der Waals surface area contributed by atoms with Gasteiger partial charge in [0.25, 0.3) is 0 Å². The van der Waals surface area contributed by atoms with E-state index in [1.807, 2.05) is 31.2 Å². The van der Waals surface area contributed by atoms with Crippen LogP contribution in [0.1, 0.15) is 24.4 Å². The zero-order valence-corrected chi connectivity index (χ0v) is 12.4. The molecule has 1 aromatic heterocycles. The molecule has 1 aromatic carbocycles. The first-order chi connectivity index (χ1) is 9.45. The SMILES string of the molecule is Cc1nc(N)nc(NC(C)c2ccc(S(C)=O)cc2)n1. The van der Waals surface area contributed by atoms with Gasteiger partial charge in [0.05, 0.1) is 6.04 Å². The van der Waals surface area contributed by atoms with Crippen LogP contribution in [0.2, 0.25) is 0 Å². The number of benzene rings is 1. The van der Waals surface area contributed by atoms with Crippen molar-refractivity contribution >= 4 is 22.7 Å². The van der Waals surface area contributed by atoms with Gasteiger partial charge >= 0.3 is 0 Å². The van der Waals surface area contributed by atoms with E-state index < -0.39 is 10.8 Å². The van der Waals surface area contributed by atoms with Crippen LogP contribution in [0.25, 0.3) is 0 Å². The zero-order chi connectivity index (χ0) is 14.7. The number of anilines is 2. The lowest BCUT2D eigenvalue weighted by molar-refractivity contribution is 0.686. The maximum absolute atomic E-state index is 11.3. The molecule has 0 aliphatic heterocycles. The van der Waals surface area contributed by atoms with Crippen molar-refractivity contribution < 1.29 is 4.21 Å². The minimum Gasteiger partial charge on any atom is -0.368 e. The predicted molar refractivity (Wildman–Crippen MR) is 79.8 cm³/mol. The molecule has 0 saturated carbocycles. The van der Waals surface area contributed by atoms with Crippen LogP contribution < -0.4 is 11.1 Å². The summed E-state index contributed by atoms with van der Waals surface area (Å²) >= 11 is 0. The van der Waals surface area contributed by atoms with E-state index in [4.69, 9.17) is 5.73 Å². The first-order valence-electron chi connectivity index (χ1n) is 6.14. The van der Waals surface area contributed by atoms with Gasteiger partial charge in [-0.15, -0.1) is 0 Å². The maximum Gasteiger partial charge on any atom is 0.228 e. The Bertz CT molecular complexity index is 609. The minimum absolute atomic E-state index is 0.00976.